The average Bonchev–Trinajstić information content (AvgIpc) is 2.46. The number of Topliss-reactive ketones (excluding diaryl/α,β-unsaturated/α-hetero) is 1. The Morgan fingerprint density at radius 3 is 2.92 bits per heavy atom. The first-order chi connectivity index (χ1) is 5.77. The smallest absolute Gasteiger partial charge is 0.152 e. The van der Waals surface area contributed by atoms with E-state index in [1.54, 1.807) is 6.92 Å². The SMILES string of the molecule is CC(=O)C1Cc2ccccc2N1. The van der Waals surface area contributed by atoms with Crippen LogP contribution in [0.2, 0.25) is 0 Å². The van der Waals surface area contributed by atoms with Gasteiger partial charge in [0, 0.05) is 12.1 Å². The third-order valence-corrected chi connectivity index (χ3v) is 2.26. The highest BCUT2D eigenvalue weighted by molar-refractivity contribution is 5.87. The number of para-hydroxylation sites is 1. The minimum absolute atomic E-state index is 0.00222. The Balaban J connectivity index is 2.27. The van der Waals surface area contributed by atoms with Gasteiger partial charge in [-0.1, -0.05) is 18.2 Å². The van der Waals surface area contributed by atoms with Gasteiger partial charge in [0.05, 0.1) is 6.04 Å². The molecule has 1 unspecified atom stereocenters. The zero-order chi connectivity index (χ0) is 8.55. The van der Waals surface area contributed by atoms with Crippen molar-refractivity contribution in [2.45, 2.75) is 19.4 Å². The maximum absolute atomic E-state index is 11.1. The second-order valence-electron chi connectivity index (χ2n) is 3.17. The number of rotatable bonds is 1. The highest BCUT2D eigenvalue weighted by atomic mass is 16.1. The van der Waals surface area contributed by atoms with E-state index in [0.29, 0.717) is 0 Å². The summed E-state index contributed by atoms with van der Waals surface area (Å²) in [6.45, 7) is 1.63. The van der Waals surface area contributed by atoms with E-state index in [0.717, 1.165) is 12.1 Å². The van der Waals surface area contributed by atoms with Crippen LogP contribution in [0.25, 0.3) is 0 Å². The fourth-order valence-electron chi connectivity index (χ4n) is 1.54. The number of hydrogen-bond donors (Lipinski definition) is 1. The molecule has 1 aliphatic rings. The Kier molecular flexibility index (Phi) is 1.61. The van der Waals surface area contributed by atoms with Crippen molar-refractivity contribution in [1.29, 1.82) is 0 Å². The molecule has 2 rings (SSSR count). The van der Waals surface area contributed by atoms with Crippen LogP contribution in [0, 0.1) is 0 Å². The lowest BCUT2D eigenvalue weighted by molar-refractivity contribution is -0.117. The number of carbonyl (C=O) groups is 1. The average molecular weight is 161 g/mol. The molecule has 0 bridgehead atoms. The van der Waals surface area contributed by atoms with Crippen molar-refractivity contribution < 1.29 is 4.79 Å². The standard InChI is InChI=1S/C10H11NO/c1-7(12)10-6-8-4-2-3-5-9(8)11-10/h2-5,10-11H,6H2,1H3. The molecule has 0 fully saturated rings. The highest BCUT2D eigenvalue weighted by Gasteiger charge is 2.22. The normalized spacial score (nSPS) is 19.9. The molecule has 0 amide bonds. The van der Waals surface area contributed by atoms with E-state index in [9.17, 15) is 4.79 Å². The summed E-state index contributed by atoms with van der Waals surface area (Å²) in [7, 11) is 0. The summed E-state index contributed by atoms with van der Waals surface area (Å²) in [5.74, 6) is 0.214. The number of nitrogens with one attached hydrogen (secondary N) is 1. The molecule has 12 heavy (non-hydrogen) atoms. The summed E-state index contributed by atoms with van der Waals surface area (Å²) in [4.78, 5) is 11.1. The van der Waals surface area contributed by atoms with Gasteiger partial charge in [0.15, 0.2) is 5.78 Å². The molecule has 2 nitrogen and oxygen atoms in total. The monoisotopic (exact) mass is 161 g/mol. The molecule has 0 aliphatic carbocycles. The van der Waals surface area contributed by atoms with Gasteiger partial charge in [0.25, 0.3) is 0 Å². The summed E-state index contributed by atoms with van der Waals surface area (Å²) in [6.07, 6.45) is 0.839. The molecule has 1 aliphatic heterocycles. The number of carbonyl (C=O) groups excluding carboxylic acids is 1. The molecular weight excluding hydrogens is 150 g/mol. The van der Waals surface area contributed by atoms with E-state index in [2.05, 4.69) is 11.4 Å². The van der Waals surface area contributed by atoms with Crippen LogP contribution >= 0.6 is 0 Å². The highest BCUT2D eigenvalue weighted by Crippen LogP contribution is 2.25. The first-order valence-electron chi connectivity index (χ1n) is 4.12. The lowest BCUT2D eigenvalue weighted by Crippen LogP contribution is -2.23. The van der Waals surface area contributed by atoms with Gasteiger partial charge in [0.1, 0.15) is 0 Å². The maximum atomic E-state index is 11.1. The Labute approximate surface area is 71.6 Å². The predicted molar refractivity (Wildman–Crippen MR) is 48.2 cm³/mol. The van der Waals surface area contributed by atoms with Crippen LogP contribution in [0.5, 0.6) is 0 Å². The second-order valence-corrected chi connectivity index (χ2v) is 3.17. The molecule has 0 saturated heterocycles. The van der Waals surface area contributed by atoms with E-state index in [4.69, 9.17) is 0 Å². The van der Waals surface area contributed by atoms with Crippen LogP contribution in [0.15, 0.2) is 24.3 Å². The molecule has 1 aromatic carbocycles. The number of ketones is 1. The van der Waals surface area contributed by atoms with Gasteiger partial charge >= 0.3 is 0 Å². The van der Waals surface area contributed by atoms with Crippen LogP contribution in [0.3, 0.4) is 0 Å². The largest absolute Gasteiger partial charge is 0.375 e. The molecule has 1 heterocycles. The van der Waals surface area contributed by atoms with E-state index in [1.807, 2.05) is 18.2 Å². The summed E-state index contributed by atoms with van der Waals surface area (Å²) < 4.78 is 0. The van der Waals surface area contributed by atoms with Crippen molar-refractivity contribution in [3.8, 4) is 0 Å². The van der Waals surface area contributed by atoms with Crippen molar-refractivity contribution >= 4 is 11.5 Å². The third-order valence-electron chi connectivity index (χ3n) is 2.26. The summed E-state index contributed by atoms with van der Waals surface area (Å²) >= 11 is 0. The molecule has 1 atom stereocenters. The molecule has 1 aromatic rings. The van der Waals surface area contributed by atoms with Crippen molar-refractivity contribution in [2.75, 3.05) is 5.32 Å². The third kappa shape index (κ3) is 1.09. The Hall–Kier alpha value is -1.31. The summed E-state index contributed by atoms with van der Waals surface area (Å²) in [6, 6.07) is 8.06. The van der Waals surface area contributed by atoms with Crippen molar-refractivity contribution in [2.24, 2.45) is 0 Å². The quantitative estimate of drug-likeness (QED) is 0.678. The number of benzene rings is 1. The Morgan fingerprint density at radius 1 is 1.50 bits per heavy atom. The van der Waals surface area contributed by atoms with Gasteiger partial charge in [-0.05, 0) is 18.6 Å². The molecule has 0 aromatic heterocycles. The first-order valence-corrected chi connectivity index (χ1v) is 4.12. The molecule has 0 spiro atoms. The molecular formula is C10H11NO. The van der Waals surface area contributed by atoms with E-state index in [-0.39, 0.29) is 11.8 Å². The number of anilines is 1. The topological polar surface area (TPSA) is 29.1 Å². The van der Waals surface area contributed by atoms with Crippen LogP contribution in [0.1, 0.15) is 12.5 Å². The molecule has 0 saturated carbocycles. The Morgan fingerprint density at radius 2 is 2.25 bits per heavy atom. The molecule has 62 valence electrons. The van der Waals surface area contributed by atoms with Crippen LogP contribution in [-0.4, -0.2) is 11.8 Å². The van der Waals surface area contributed by atoms with Gasteiger partial charge in [-0.15, -0.1) is 0 Å². The summed E-state index contributed by atoms with van der Waals surface area (Å²) in [5.41, 5.74) is 2.36. The van der Waals surface area contributed by atoms with E-state index < -0.39 is 0 Å². The van der Waals surface area contributed by atoms with E-state index >= 15 is 0 Å². The van der Waals surface area contributed by atoms with Crippen molar-refractivity contribution in [1.82, 2.24) is 0 Å². The van der Waals surface area contributed by atoms with Crippen molar-refractivity contribution in [3.63, 3.8) is 0 Å². The van der Waals surface area contributed by atoms with Gasteiger partial charge in [0.2, 0.25) is 0 Å². The number of fused-ring (bicyclic) bond motifs is 1. The van der Waals surface area contributed by atoms with Crippen molar-refractivity contribution in [3.05, 3.63) is 29.8 Å². The lowest BCUT2D eigenvalue weighted by Gasteiger charge is -2.04. The zero-order valence-electron chi connectivity index (χ0n) is 7.00. The van der Waals surface area contributed by atoms with Gasteiger partial charge in [-0.25, -0.2) is 0 Å². The van der Waals surface area contributed by atoms with Gasteiger partial charge in [-0.2, -0.15) is 0 Å². The minimum atomic E-state index is 0.00222. The van der Waals surface area contributed by atoms with Crippen LogP contribution < -0.4 is 5.32 Å². The van der Waals surface area contributed by atoms with Crippen LogP contribution in [0.4, 0.5) is 5.69 Å². The van der Waals surface area contributed by atoms with Gasteiger partial charge < -0.3 is 5.32 Å². The predicted octanol–water partition coefficient (Wildman–Crippen LogP) is 1.61. The minimum Gasteiger partial charge on any atom is -0.375 e. The fraction of sp³-hybridized carbons (Fsp3) is 0.300. The van der Waals surface area contributed by atoms with E-state index in [1.165, 1.54) is 5.56 Å². The second kappa shape index (κ2) is 2.63. The molecule has 2 heteroatoms. The summed E-state index contributed by atoms with van der Waals surface area (Å²) in [5, 5.41) is 3.18. The lowest BCUT2D eigenvalue weighted by atomic mass is 10.1. The fourth-order valence-corrected chi connectivity index (χ4v) is 1.54. The van der Waals surface area contributed by atoms with Crippen LogP contribution in [-0.2, 0) is 11.2 Å². The Bertz CT molecular complexity index is 294. The number of hydrogen-bond acceptors (Lipinski definition) is 2. The zero-order valence-corrected chi connectivity index (χ0v) is 7.00. The maximum Gasteiger partial charge on any atom is 0.152 e. The first kappa shape index (κ1) is 7.35. The molecule has 0 radical (unpaired) electrons. The molecule has 1 N–H and O–H groups in total. The van der Waals surface area contributed by atoms with Gasteiger partial charge in [-0.3, -0.25) is 4.79 Å².